The molecule has 1 aromatic heterocycles. The van der Waals surface area contributed by atoms with Crippen LogP contribution in [0.2, 0.25) is 5.02 Å². The number of nitrogens with zero attached hydrogens (tertiary/aromatic N) is 1. The zero-order valence-electron chi connectivity index (χ0n) is 15.0. The number of aryl methyl sites for hydroxylation is 1. The van der Waals surface area contributed by atoms with Crippen molar-refractivity contribution < 1.29 is 18.4 Å². The molecule has 3 aromatic rings. The minimum Gasteiger partial charge on any atom is -0.350 e. The van der Waals surface area contributed by atoms with Gasteiger partial charge in [0, 0.05) is 21.7 Å². The molecule has 2 amide bonds. The highest BCUT2D eigenvalue weighted by atomic mass is 35.5. The topological polar surface area (TPSA) is 49.4 Å². The number of imide groups is 1. The van der Waals surface area contributed by atoms with Crippen molar-refractivity contribution >= 4 is 51.7 Å². The molecule has 0 saturated carbocycles. The van der Waals surface area contributed by atoms with Crippen LogP contribution in [0.1, 0.15) is 10.4 Å². The van der Waals surface area contributed by atoms with E-state index in [1.165, 1.54) is 17.4 Å². The fourth-order valence-corrected chi connectivity index (χ4v) is 4.10. The number of benzene rings is 2. The van der Waals surface area contributed by atoms with Gasteiger partial charge in [0.15, 0.2) is 11.6 Å². The third-order valence-electron chi connectivity index (χ3n) is 4.44. The number of carbonyl (C=O) groups is 2. The smallest absolute Gasteiger partial charge is 0.282 e. The Kier molecular flexibility index (Phi) is 4.94. The van der Waals surface area contributed by atoms with E-state index in [4.69, 9.17) is 11.6 Å². The lowest BCUT2D eigenvalue weighted by Crippen LogP contribution is -2.33. The van der Waals surface area contributed by atoms with E-state index in [2.05, 4.69) is 5.32 Å². The van der Waals surface area contributed by atoms with Crippen molar-refractivity contribution in [1.29, 1.82) is 0 Å². The second-order valence-electron chi connectivity index (χ2n) is 6.36. The number of anilines is 2. The number of hydrogen-bond acceptors (Lipinski definition) is 4. The lowest BCUT2D eigenvalue weighted by molar-refractivity contribution is -0.120. The monoisotopic (exact) mass is 430 g/mol. The highest BCUT2D eigenvalue weighted by molar-refractivity contribution is 7.11. The van der Waals surface area contributed by atoms with Crippen molar-refractivity contribution in [2.75, 3.05) is 10.2 Å². The van der Waals surface area contributed by atoms with Crippen LogP contribution < -0.4 is 10.2 Å². The van der Waals surface area contributed by atoms with E-state index in [1.807, 2.05) is 0 Å². The Labute approximate surface area is 174 Å². The van der Waals surface area contributed by atoms with Gasteiger partial charge in [0.25, 0.3) is 11.8 Å². The number of amides is 2. The van der Waals surface area contributed by atoms with Crippen molar-refractivity contribution in [2.24, 2.45) is 0 Å². The summed E-state index contributed by atoms with van der Waals surface area (Å²) in [4.78, 5) is 28.1. The molecule has 29 heavy (non-hydrogen) atoms. The third kappa shape index (κ3) is 3.43. The summed E-state index contributed by atoms with van der Waals surface area (Å²) in [7, 11) is 0. The highest BCUT2D eigenvalue weighted by Crippen LogP contribution is 2.37. The zero-order valence-corrected chi connectivity index (χ0v) is 16.6. The highest BCUT2D eigenvalue weighted by Gasteiger charge is 2.41. The predicted octanol–water partition coefficient (Wildman–Crippen LogP) is 5.38. The van der Waals surface area contributed by atoms with E-state index in [-0.39, 0.29) is 17.0 Å². The molecule has 8 heteroatoms. The van der Waals surface area contributed by atoms with Crippen LogP contribution in [-0.4, -0.2) is 11.8 Å². The van der Waals surface area contributed by atoms with E-state index in [9.17, 15) is 18.4 Å². The summed E-state index contributed by atoms with van der Waals surface area (Å²) in [6.45, 7) is 1.74. The molecule has 0 radical (unpaired) electrons. The predicted molar refractivity (Wildman–Crippen MR) is 110 cm³/mol. The average molecular weight is 431 g/mol. The van der Waals surface area contributed by atoms with Crippen LogP contribution in [0.3, 0.4) is 0 Å². The Morgan fingerprint density at radius 1 is 1.00 bits per heavy atom. The first-order valence-electron chi connectivity index (χ1n) is 8.52. The first-order chi connectivity index (χ1) is 13.9. The lowest BCUT2D eigenvalue weighted by atomic mass is 10.1. The van der Waals surface area contributed by atoms with Gasteiger partial charge in [0.05, 0.1) is 11.3 Å². The van der Waals surface area contributed by atoms with Gasteiger partial charge in [-0.25, -0.2) is 13.7 Å². The van der Waals surface area contributed by atoms with E-state index < -0.39 is 23.4 Å². The van der Waals surface area contributed by atoms with Gasteiger partial charge in [-0.2, -0.15) is 0 Å². The van der Waals surface area contributed by atoms with E-state index in [0.717, 1.165) is 17.0 Å². The normalized spacial score (nSPS) is 14.1. The van der Waals surface area contributed by atoms with Gasteiger partial charge in [0.1, 0.15) is 5.70 Å². The third-order valence-corrected chi connectivity index (χ3v) is 5.56. The van der Waals surface area contributed by atoms with Crippen molar-refractivity contribution in [1.82, 2.24) is 0 Å². The van der Waals surface area contributed by atoms with Crippen LogP contribution in [0.25, 0.3) is 5.57 Å². The molecule has 146 valence electrons. The Hall–Kier alpha value is -3.03. The SMILES string of the molecule is Cc1cc(Cl)ccc1N1C(=O)C(Nc2ccc(F)c(F)c2)=C(c2cccs2)C1=O. The second kappa shape index (κ2) is 7.42. The fourth-order valence-electron chi connectivity index (χ4n) is 3.10. The van der Waals surface area contributed by atoms with Crippen LogP contribution >= 0.6 is 22.9 Å². The molecule has 4 rings (SSSR count). The molecule has 0 unspecified atom stereocenters. The molecule has 0 spiro atoms. The van der Waals surface area contributed by atoms with Gasteiger partial charge in [-0.15, -0.1) is 11.3 Å². The minimum absolute atomic E-state index is 0.00203. The summed E-state index contributed by atoms with van der Waals surface area (Å²) in [5.74, 6) is -3.16. The molecular weight excluding hydrogens is 418 g/mol. The molecule has 0 aliphatic carbocycles. The van der Waals surface area contributed by atoms with Crippen LogP contribution in [-0.2, 0) is 9.59 Å². The van der Waals surface area contributed by atoms with E-state index in [0.29, 0.717) is 21.2 Å². The molecule has 1 N–H and O–H groups in total. The Morgan fingerprint density at radius 3 is 2.45 bits per heavy atom. The first kappa shape index (κ1) is 19.3. The number of hydrogen-bond donors (Lipinski definition) is 1. The Balaban J connectivity index is 1.81. The molecule has 0 bridgehead atoms. The van der Waals surface area contributed by atoms with Crippen LogP contribution in [0, 0.1) is 18.6 Å². The average Bonchev–Trinajstić information content (AvgIpc) is 3.27. The molecule has 2 heterocycles. The number of thiophene rings is 1. The van der Waals surface area contributed by atoms with Crippen molar-refractivity contribution in [3.05, 3.63) is 86.7 Å². The van der Waals surface area contributed by atoms with Gasteiger partial charge in [-0.3, -0.25) is 9.59 Å². The summed E-state index contributed by atoms with van der Waals surface area (Å²) < 4.78 is 26.9. The quantitative estimate of drug-likeness (QED) is 0.565. The largest absolute Gasteiger partial charge is 0.350 e. The summed E-state index contributed by atoms with van der Waals surface area (Å²) in [6.07, 6.45) is 0. The lowest BCUT2D eigenvalue weighted by Gasteiger charge is -2.18. The van der Waals surface area contributed by atoms with Crippen molar-refractivity contribution in [3.63, 3.8) is 0 Å². The summed E-state index contributed by atoms with van der Waals surface area (Å²) in [5, 5.41) is 5.07. The number of nitrogens with one attached hydrogen (secondary N) is 1. The summed E-state index contributed by atoms with van der Waals surface area (Å²) in [5.41, 5.74) is 1.38. The van der Waals surface area contributed by atoms with Crippen LogP contribution in [0.15, 0.2) is 59.6 Å². The second-order valence-corrected chi connectivity index (χ2v) is 7.74. The molecule has 0 fully saturated rings. The molecule has 1 aliphatic heterocycles. The van der Waals surface area contributed by atoms with Gasteiger partial charge >= 0.3 is 0 Å². The number of halogens is 3. The standard InChI is InChI=1S/C21H13ClF2N2O2S/c1-11-9-12(22)4-7-16(11)26-20(27)18(17-3-2-8-29-17)19(21(26)28)25-13-5-6-14(23)15(24)10-13/h2-10,25H,1H3. The summed E-state index contributed by atoms with van der Waals surface area (Å²) >= 11 is 7.29. The first-order valence-corrected chi connectivity index (χ1v) is 9.77. The van der Waals surface area contributed by atoms with Crippen molar-refractivity contribution in [3.8, 4) is 0 Å². The maximum absolute atomic E-state index is 13.6. The molecular formula is C21H13ClF2N2O2S. The summed E-state index contributed by atoms with van der Waals surface area (Å²) in [6, 6.07) is 11.5. The van der Waals surface area contributed by atoms with E-state index >= 15 is 0 Å². The van der Waals surface area contributed by atoms with Gasteiger partial charge in [-0.05, 0) is 54.3 Å². The maximum Gasteiger partial charge on any atom is 0.282 e. The van der Waals surface area contributed by atoms with Gasteiger partial charge in [-0.1, -0.05) is 17.7 Å². The van der Waals surface area contributed by atoms with Gasteiger partial charge < -0.3 is 5.32 Å². The minimum atomic E-state index is -1.06. The number of rotatable bonds is 4. The maximum atomic E-state index is 13.6. The Bertz CT molecular complexity index is 1180. The molecule has 0 atom stereocenters. The fraction of sp³-hybridized carbons (Fsp3) is 0.0476. The van der Waals surface area contributed by atoms with Gasteiger partial charge in [0.2, 0.25) is 0 Å². The molecule has 4 nitrogen and oxygen atoms in total. The number of carbonyl (C=O) groups excluding carboxylic acids is 2. The molecule has 1 aliphatic rings. The van der Waals surface area contributed by atoms with E-state index in [1.54, 1.807) is 42.6 Å². The van der Waals surface area contributed by atoms with Crippen LogP contribution in [0.4, 0.5) is 20.2 Å². The Morgan fingerprint density at radius 2 is 1.79 bits per heavy atom. The van der Waals surface area contributed by atoms with Crippen molar-refractivity contribution in [2.45, 2.75) is 6.92 Å². The van der Waals surface area contributed by atoms with Crippen LogP contribution in [0.5, 0.6) is 0 Å². The zero-order chi connectivity index (χ0) is 20.7. The molecule has 2 aromatic carbocycles. The molecule has 0 saturated heterocycles.